The van der Waals surface area contributed by atoms with Crippen molar-refractivity contribution in [2.45, 2.75) is 33.2 Å². The van der Waals surface area contributed by atoms with Crippen molar-refractivity contribution in [3.8, 4) is 0 Å². The number of hydrogen-bond acceptors (Lipinski definition) is 4. The van der Waals surface area contributed by atoms with E-state index in [0.717, 1.165) is 37.3 Å². The number of anilines is 1. The molecular formula is C18H24N4O. The largest absolute Gasteiger partial charge is 0.357 e. The van der Waals surface area contributed by atoms with Crippen LogP contribution in [0.4, 0.5) is 5.82 Å². The Labute approximate surface area is 137 Å². The van der Waals surface area contributed by atoms with Gasteiger partial charge in [-0.1, -0.05) is 19.9 Å². The van der Waals surface area contributed by atoms with Gasteiger partial charge in [-0.2, -0.15) is 0 Å². The standard InChI is InChI=1S/C18H24N4O/c1-3-10-22(11-4-2)17-12-16(7-9-20-17)18(23)21-14-15-6-5-8-19-13-15/h5-9,12-13H,3-4,10-11,14H2,1-2H3,(H,21,23). The van der Waals surface area contributed by atoms with Crippen LogP contribution in [0.15, 0.2) is 42.9 Å². The van der Waals surface area contributed by atoms with Crippen LogP contribution in [0.2, 0.25) is 0 Å². The van der Waals surface area contributed by atoms with E-state index in [1.165, 1.54) is 0 Å². The van der Waals surface area contributed by atoms with Crippen molar-refractivity contribution in [1.29, 1.82) is 0 Å². The molecule has 1 N–H and O–H groups in total. The molecule has 0 saturated heterocycles. The second-order valence-electron chi connectivity index (χ2n) is 5.43. The summed E-state index contributed by atoms with van der Waals surface area (Å²) in [6.07, 6.45) is 7.28. The zero-order valence-corrected chi connectivity index (χ0v) is 13.8. The minimum atomic E-state index is -0.0922. The summed E-state index contributed by atoms with van der Waals surface area (Å²) in [4.78, 5) is 23.0. The third kappa shape index (κ3) is 5.06. The van der Waals surface area contributed by atoms with Crippen molar-refractivity contribution in [3.63, 3.8) is 0 Å². The Morgan fingerprint density at radius 1 is 1.17 bits per heavy atom. The molecule has 0 aliphatic carbocycles. The normalized spacial score (nSPS) is 10.3. The molecule has 5 heteroatoms. The molecule has 0 unspecified atom stereocenters. The van der Waals surface area contributed by atoms with Crippen molar-refractivity contribution < 1.29 is 4.79 Å². The summed E-state index contributed by atoms with van der Waals surface area (Å²) < 4.78 is 0. The first kappa shape index (κ1) is 16.9. The van der Waals surface area contributed by atoms with Crippen LogP contribution in [0.3, 0.4) is 0 Å². The quantitative estimate of drug-likeness (QED) is 0.814. The molecule has 23 heavy (non-hydrogen) atoms. The second-order valence-corrected chi connectivity index (χ2v) is 5.43. The number of nitrogens with zero attached hydrogens (tertiary/aromatic N) is 3. The number of rotatable bonds is 8. The number of pyridine rings is 2. The first-order chi connectivity index (χ1) is 11.2. The molecule has 1 amide bonds. The molecule has 2 rings (SSSR count). The summed E-state index contributed by atoms with van der Waals surface area (Å²) in [6.45, 7) is 6.65. The maximum atomic E-state index is 12.3. The maximum Gasteiger partial charge on any atom is 0.251 e. The van der Waals surface area contributed by atoms with Gasteiger partial charge in [0.05, 0.1) is 0 Å². The molecule has 0 aliphatic rings. The van der Waals surface area contributed by atoms with E-state index in [1.807, 2.05) is 18.2 Å². The Kier molecular flexibility index (Phi) is 6.54. The van der Waals surface area contributed by atoms with E-state index in [-0.39, 0.29) is 5.91 Å². The predicted molar refractivity (Wildman–Crippen MR) is 92.4 cm³/mol. The van der Waals surface area contributed by atoms with E-state index >= 15 is 0 Å². The summed E-state index contributed by atoms with van der Waals surface area (Å²) in [5.41, 5.74) is 1.62. The minimum Gasteiger partial charge on any atom is -0.357 e. The molecule has 0 aromatic carbocycles. The van der Waals surface area contributed by atoms with Gasteiger partial charge < -0.3 is 10.2 Å². The van der Waals surface area contributed by atoms with E-state index in [1.54, 1.807) is 24.7 Å². The highest BCUT2D eigenvalue weighted by Gasteiger charge is 2.10. The number of carbonyl (C=O) groups excluding carboxylic acids is 1. The fourth-order valence-electron chi connectivity index (χ4n) is 2.40. The third-order valence-electron chi connectivity index (χ3n) is 3.49. The van der Waals surface area contributed by atoms with Crippen LogP contribution in [-0.2, 0) is 6.54 Å². The molecule has 0 aliphatic heterocycles. The van der Waals surface area contributed by atoms with Gasteiger partial charge in [-0.15, -0.1) is 0 Å². The van der Waals surface area contributed by atoms with E-state index in [0.29, 0.717) is 12.1 Å². The second kappa shape index (κ2) is 8.88. The fraction of sp³-hybridized carbons (Fsp3) is 0.389. The van der Waals surface area contributed by atoms with Crippen LogP contribution >= 0.6 is 0 Å². The number of amides is 1. The SMILES string of the molecule is CCCN(CCC)c1cc(C(=O)NCc2cccnc2)ccn1. The van der Waals surface area contributed by atoms with Gasteiger partial charge in [-0.3, -0.25) is 9.78 Å². The topological polar surface area (TPSA) is 58.1 Å². The fourth-order valence-corrected chi connectivity index (χ4v) is 2.40. The van der Waals surface area contributed by atoms with Crippen LogP contribution < -0.4 is 10.2 Å². The summed E-state index contributed by atoms with van der Waals surface area (Å²) in [5.74, 6) is 0.771. The lowest BCUT2D eigenvalue weighted by Gasteiger charge is -2.22. The molecule has 0 saturated carbocycles. The van der Waals surface area contributed by atoms with Crippen LogP contribution in [0.1, 0.15) is 42.6 Å². The van der Waals surface area contributed by atoms with Gasteiger partial charge in [0.1, 0.15) is 5.82 Å². The van der Waals surface area contributed by atoms with Crippen LogP contribution in [0, 0.1) is 0 Å². The lowest BCUT2D eigenvalue weighted by Crippen LogP contribution is -2.27. The molecule has 0 bridgehead atoms. The van der Waals surface area contributed by atoms with E-state index in [4.69, 9.17) is 0 Å². The average molecular weight is 312 g/mol. The maximum absolute atomic E-state index is 12.3. The molecule has 2 aromatic rings. The van der Waals surface area contributed by atoms with Gasteiger partial charge in [0.25, 0.3) is 5.91 Å². The highest BCUT2D eigenvalue weighted by molar-refractivity contribution is 5.94. The van der Waals surface area contributed by atoms with Crippen LogP contribution in [-0.4, -0.2) is 29.0 Å². The smallest absolute Gasteiger partial charge is 0.251 e. The summed E-state index contributed by atoms with van der Waals surface area (Å²) in [7, 11) is 0. The molecule has 0 radical (unpaired) electrons. The van der Waals surface area contributed by atoms with Gasteiger partial charge in [0, 0.05) is 43.8 Å². The molecule has 0 spiro atoms. The van der Waals surface area contributed by atoms with Crippen LogP contribution in [0.25, 0.3) is 0 Å². The monoisotopic (exact) mass is 312 g/mol. The van der Waals surface area contributed by atoms with Crippen molar-refractivity contribution in [3.05, 3.63) is 54.0 Å². The van der Waals surface area contributed by atoms with Gasteiger partial charge in [0.2, 0.25) is 0 Å². The highest BCUT2D eigenvalue weighted by atomic mass is 16.1. The van der Waals surface area contributed by atoms with Crippen molar-refractivity contribution in [1.82, 2.24) is 15.3 Å². The van der Waals surface area contributed by atoms with E-state index in [9.17, 15) is 4.79 Å². The van der Waals surface area contributed by atoms with Gasteiger partial charge in [0.15, 0.2) is 0 Å². The zero-order chi connectivity index (χ0) is 16.5. The Morgan fingerprint density at radius 2 is 1.96 bits per heavy atom. The number of nitrogens with one attached hydrogen (secondary N) is 1. The minimum absolute atomic E-state index is 0.0922. The summed E-state index contributed by atoms with van der Waals surface area (Å²) in [6, 6.07) is 7.41. The van der Waals surface area contributed by atoms with E-state index < -0.39 is 0 Å². The highest BCUT2D eigenvalue weighted by Crippen LogP contribution is 2.14. The Balaban J connectivity index is 2.04. The summed E-state index contributed by atoms with van der Waals surface area (Å²) in [5, 5.41) is 2.92. The molecule has 5 nitrogen and oxygen atoms in total. The molecule has 0 atom stereocenters. The third-order valence-corrected chi connectivity index (χ3v) is 3.49. The average Bonchev–Trinajstić information content (AvgIpc) is 2.60. The first-order valence-corrected chi connectivity index (χ1v) is 8.12. The number of carbonyl (C=O) groups is 1. The Morgan fingerprint density at radius 3 is 2.61 bits per heavy atom. The summed E-state index contributed by atoms with van der Waals surface area (Å²) >= 11 is 0. The Bertz CT molecular complexity index is 609. The van der Waals surface area contributed by atoms with Crippen molar-refractivity contribution in [2.75, 3.05) is 18.0 Å². The molecular weight excluding hydrogens is 288 g/mol. The lowest BCUT2D eigenvalue weighted by atomic mass is 10.2. The zero-order valence-electron chi connectivity index (χ0n) is 13.8. The molecule has 2 heterocycles. The molecule has 2 aromatic heterocycles. The van der Waals surface area contributed by atoms with Crippen molar-refractivity contribution >= 4 is 11.7 Å². The number of aromatic nitrogens is 2. The van der Waals surface area contributed by atoms with Crippen molar-refractivity contribution in [2.24, 2.45) is 0 Å². The first-order valence-electron chi connectivity index (χ1n) is 8.12. The lowest BCUT2D eigenvalue weighted by molar-refractivity contribution is 0.0951. The van der Waals surface area contributed by atoms with Gasteiger partial charge in [-0.25, -0.2) is 4.98 Å². The predicted octanol–water partition coefficient (Wildman–Crippen LogP) is 3.03. The number of hydrogen-bond donors (Lipinski definition) is 1. The van der Waals surface area contributed by atoms with E-state index in [2.05, 4.69) is 34.0 Å². The molecule has 0 fully saturated rings. The van der Waals surface area contributed by atoms with Gasteiger partial charge >= 0.3 is 0 Å². The molecule has 122 valence electrons. The van der Waals surface area contributed by atoms with Crippen LogP contribution in [0.5, 0.6) is 0 Å². The van der Waals surface area contributed by atoms with Gasteiger partial charge in [-0.05, 0) is 36.6 Å². The Hall–Kier alpha value is -2.43.